The molecule has 2 aromatic rings. The van der Waals surface area contributed by atoms with Crippen LogP contribution in [0.4, 0.5) is 11.4 Å². The summed E-state index contributed by atoms with van der Waals surface area (Å²) < 4.78 is 0. The molecular formula is C18H18N4O2. The predicted octanol–water partition coefficient (Wildman–Crippen LogP) is 2.82. The number of aryl methyl sites for hydroxylation is 2. The molecule has 0 fully saturated rings. The molecule has 0 radical (unpaired) electrons. The zero-order chi connectivity index (χ0) is 17.1. The lowest BCUT2D eigenvalue weighted by atomic mass is 10.1. The third kappa shape index (κ3) is 3.32. The van der Waals surface area contributed by atoms with E-state index in [0.717, 1.165) is 11.1 Å². The van der Waals surface area contributed by atoms with E-state index in [1.165, 1.54) is 5.01 Å². The van der Waals surface area contributed by atoms with Crippen LogP contribution in [0.1, 0.15) is 24.0 Å². The van der Waals surface area contributed by atoms with Crippen molar-refractivity contribution in [2.45, 2.75) is 26.7 Å². The standard InChI is InChI=1S/C18H18N4O2/c1-12-3-4-13(2)16(11-12)22-17(23)6-5-15(21-22)18(24)20-14-7-9-19-10-8-14/h3-4,7-11H,5-6H2,1-2H3,(H,19,20,24). The van der Waals surface area contributed by atoms with Gasteiger partial charge in [0.05, 0.1) is 5.69 Å². The van der Waals surface area contributed by atoms with Gasteiger partial charge in [0.1, 0.15) is 5.71 Å². The van der Waals surface area contributed by atoms with Crippen LogP contribution in [0.3, 0.4) is 0 Å². The number of carbonyl (C=O) groups excluding carboxylic acids is 2. The molecule has 0 aliphatic carbocycles. The quantitative estimate of drug-likeness (QED) is 0.944. The Hall–Kier alpha value is -3.02. The van der Waals surface area contributed by atoms with Crippen LogP contribution in [0.25, 0.3) is 0 Å². The van der Waals surface area contributed by atoms with Crippen LogP contribution in [0.15, 0.2) is 47.8 Å². The average Bonchev–Trinajstić information content (AvgIpc) is 2.58. The minimum absolute atomic E-state index is 0.107. The minimum atomic E-state index is -0.302. The number of nitrogens with one attached hydrogen (secondary N) is 1. The lowest BCUT2D eigenvalue weighted by Crippen LogP contribution is -2.36. The maximum Gasteiger partial charge on any atom is 0.271 e. The Labute approximate surface area is 140 Å². The number of hydrogen-bond acceptors (Lipinski definition) is 4. The lowest BCUT2D eigenvalue weighted by Gasteiger charge is -2.24. The van der Waals surface area contributed by atoms with Crippen LogP contribution in [0.5, 0.6) is 0 Å². The van der Waals surface area contributed by atoms with Gasteiger partial charge in [-0.25, -0.2) is 5.01 Å². The number of amides is 2. The van der Waals surface area contributed by atoms with Gasteiger partial charge in [0, 0.05) is 30.9 Å². The summed E-state index contributed by atoms with van der Waals surface area (Å²) in [6, 6.07) is 9.23. The van der Waals surface area contributed by atoms with E-state index in [4.69, 9.17) is 0 Å². The Morgan fingerprint density at radius 3 is 2.62 bits per heavy atom. The topological polar surface area (TPSA) is 74.7 Å². The molecular weight excluding hydrogens is 304 g/mol. The number of aromatic nitrogens is 1. The van der Waals surface area contributed by atoms with Gasteiger partial charge in [-0.3, -0.25) is 14.6 Å². The maximum atomic E-state index is 12.4. The molecule has 2 amide bonds. The molecule has 0 saturated heterocycles. The molecule has 1 aliphatic rings. The molecule has 1 aromatic carbocycles. The molecule has 0 atom stereocenters. The zero-order valence-electron chi connectivity index (χ0n) is 13.6. The first-order chi connectivity index (χ1) is 11.5. The van der Waals surface area contributed by atoms with Crippen molar-refractivity contribution in [1.29, 1.82) is 0 Å². The number of hydrazone groups is 1. The third-order valence-corrected chi connectivity index (χ3v) is 3.83. The summed E-state index contributed by atoms with van der Waals surface area (Å²) in [6.45, 7) is 3.88. The number of benzene rings is 1. The summed E-state index contributed by atoms with van der Waals surface area (Å²) in [5.74, 6) is -0.409. The summed E-state index contributed by atoms with van der Waals surface area (Å²) in [4.78, 5) is 28.6. The second-order valence-corrected chi connectivity index (χ2v) is 5.73. The molecule has 3 rings (SSSR count). The van der Waals surface area contributed by atoms with Gasteiger partial charge in [0.25, 0.3) is 5.91 Å². The molecule has 24 heavy (non-hydrogen) atoms. The van der Waals surface area contributed by atoms with Gasteiger partial charge in [-0.05, 0) is 43.2 Å². The summed E-state index contributed by atoms with van der Waals surface area (Å²) in [7, 11) is 0. The molecule has 1 aliphatic heterocycles. The van der Waals surface area contributed by atoms with Gasteiger partial charge < -0.3 is 5.32 Å². The minimum Gasteiger partial charge on any atom is -0.321 e. The molecule has 0 unspecified atom stereocenters. The molecule has 1 N–H and O–H groups in total. The van der Waals surface area contributed by atoms with E-state index in [0.29, 0.717) is 23.5 Å². The van der Waals surface area contributed by atoms with Crippen LogP contribution in [0.2, 0.25) is 0 Å². The predicted molar refractivity (Wildman–Crippen MR) is 92.9 cm³/mol. The molecule has 2 heterocycles. The fourth-order valence-corrected chi connectivity index (χ4v) is 2.49. The van der Waals surface area contributed by atoms with E-state index in [2.05, 4.69) is 15.4 Å². The van der Waals surface area contributed by atoms with Crippen molar-refractivity contribution in [3.8, 4) is 0 Å². The highest BCUT2D eigenvalue weighted by Crippen LogP contribution is 2.25. The summed E-state index contributed by atoms with van der Waals surface area (Å²) >= 11 is 0. The third-order valence-electron chi connectivity index (χ3n) is 3.83. The van der Waals surface area contributed by atoms with E-state index >= 15 is 0 Å². The Balaban J connectivity index is 1.88. The van der Waals surface area contributed by atoms with Gasteiger partial charge in [-0.15, -0.1) is 0 Å². The number of pyridine rings is 1. The van der Waals surface area contributed by atoms with Crippen molar-refractivity contribution in [2.75, 3.05) is 10.3 Å². The normalized spacial score (nSPS) is 14.3. The molecule has 0 bridgehead atoms. The molecule has 0 spiro atoms. The van der Waals surface area contributed by atoms with Crippen LogP contribution < -0.4 is 10.3 Å². The Morgan fingerprint density at radius 2 is 1.88 bits per heavy atom. The van der Waals surface area contributed by atoms with Gasteiger partial charge in [-0.2, -0.15) is 5.10 Å². The second-order valence-electron chi connectivity index (χ2n) is 5.73. The highest BCUT2D eigenvalue weighted by Gasteiger charge is 2.26. The monoisotopic (exact) mass is 322 g/mol. The van der Waals surface area contributed by atoms with Crippen molar-refractivity contribution in [1.82, 2.24) is 4.98 Å². The van der Waals surface area contributed by atoms with E-state index in [-0.39, 0.29) is 18.2 Å². The first-order valence-corrected chi connectivity index (χ1v) is 7.73. The Kier molecular flexibility index (Phi) is 4.37. The average molecular weight is 322 g/mol. The molecule has 6 heteroatoms. The largest absolute Gasteiger partial charge is 0.321 e. The van der Waals surface area contributed by atoms with Crippen molar-refractivity contribution in [3.05, 3.63) is 53.9 Å². The van der Waals surface area contributed by atoms with E-state index in [1.54, 1.807) is 24.5 Å². The van der Waals surface area contributed by atoms with Gasteiger partial charge in [0.2, 0.25) is 5.91 Å². The van der Waals surface area contributed by atoms with Gasteiger partial charge in [-0.1, -0.05) is 12.1 Å². The maximum absolute atomic E-state index is 12.4. The molecule has 0 saturated carbocycles. The molecule has 1 aromatic heterocycles. The number of rotatable bonds is 3. The highest BCUT2D eigenvalue weighted by atomic mass is 16.2. The first-order valence-electron chi connectivity index (χ1n) is 7.73. The zero-order valence-corrected chi connectivity index (χ0v) is 13.6. The van der Waals surface area contributed by atoms with Gasteiger partial charge >= 0.3 is 0 Å². The SMILES string of the molecule is Cc1ccc(C)c(N2N=C(C(=O)Nc3ccncc3)CCC2=O)c1. The van der Waals surface area contributed by atoms with Crippen molar-refractivity contribution in [3.63, 3.8) is 0 Å². The lowest BCUT2D eigenvalue weighted by molar-refractivity contribution is -0.118. The fourth-order valence-electron chi connectivity index (χ4n) is 2.49. The van der Waals surface area contributed by atoms with Crippen molar-refractivity contribution in [2.24, 2.45) is 5.10 Å². The van der Waals surface area contributed by atoms with E-state index in [1.807, 2.05) is 32.0 Å². The summed E-state index contributed by atoms with van der Waals surface area (Å²) in [6.07, 6.45) is 3.79. The van der Waals surface area contributed by atoms with E-state index in [9.17, 15) is 9.59 Å². The van der Waals surface area contributed by atoms with Crippen molar-refractivity contribution >= 4 is 28.9 Å². The van der Waals surface area contributed by atoms with Crippen LogP contribution in [0, 0.1) is 13.8 Å². The Morgan fingerprint density at radius 1 is 1.12 bits per heavy atom. The number of hydrogen-bond donors (Lipinski definition) is 1. The number of carbonyl (C=O) groups is 2. The smallest absolute Gasteiger partial charge is 0.271 e. The summed E-state index contributed by atoms with van der Waals surface area (Å²) in [5.41, 5.74) is 3.68. The van der Waals surface area contributed by atoms with Gasteiger partial charge in [0.15, 0.2) is 0 Å². The summed E-state index contributed by atoms with van der Waals surface area (Å²) in [5, 5.41) is 8.42. The van der Waals surface area contributed by atoms with Crippen molar-refractivity contribution < 1.29 is 9.59 Å². The Bertz CT molecular complexity index is 815. The number of nitrogens with zero attached hydrogens (tertiary/aromatic N) is 3. The second kappa shape index (κ2) is 6.62. The van der Waals surface area contributed by atoms with Crippen LogP contribution in [-0.2, 0) is 9.59 Å². The first kappa shape index (κ1) is 15.9. The van der Waals surface area contributed by atoms with Crippen LogP contribution in [-0.4, -0.2) is 22.5 Å². The fraction of sp³-hybridized carbons (Fsp3) is 0.222. The van der Waals surface area contributed by atoms with Crippen LogP contribution >= 0.6 is 0 Å². The van der Waals surface area contributed by atoms with E-state index < -0.39 is 0 Å². The molecule has 122 valence electrons. The highest BCUT2D eigenvalue weighted by molar-refractivity contribution is 6.44. The number of anilines is 2. The molecule has 6 nitrogen and oxygen atoms in total.